The molecule has 0 bridgehead atoms. The maximum absolute atomic E-state index is 12.8. The fourth-order valence-corrected chi connectivity index (χ4v) is 3.75. The van der Waals surface area contributed by atoms with Crippen LogP contribution in [0, 0.1) is 0 Å². The highest BCUT2D eigenvalue weighted by atomic mass is 79.9. The molecule has 1 aromatic carbocycles. The lowest BCUT2D eigenvalue weighted by Gasteiger charge is -2.24. The Balaban J connectivity index is 2.20. The number of carbonyl (C=O) groups is 2. The van der Waals surface area contributed by atoms with E-state index in [0.717, 1.165) is 14.9 Å². The summed E-state index contributed by atoms with van der Waals surface area (Å²) in [5, 5.41) is 2.87. The molecule has 0 unspecified atom stereocenters. The summed E-state index contributed by atoms with van der Waals surface area (Å²) in [6, 6.07) is 10.7. The Morgan fingerprint density at radius 3 is 2.14 bits per heavy atom. The van der Waals surface area contributed by atoms with Crippen LogP contribution in [-0.2, 0) is 21.4 Å². The number of amides is 1. The SMILES string of the molecule is CC(C)(C)OC(=O)[C@H](Cc1ccc(Br)cc1)NC(=O)c1ccc(C(C)(C)C)s1. The molecule has 0 aliphatic carbocycles. The third-order valence-electron chi connectivity index (χ3n) is 3.92. The van der Waals surface area contributed by atoms with E-state index in [4.69, 9.17) is 4.74 Å². The van der Waals surface area contributed by atoms with Gasteiger partial charge in [-0.2, -0.15) is 0 Å². The standard InChI is InChI=1S/C22H28BrNO3S/c1-21(2,3)18-12-11-17(28-18)19(25)24-16(20(26)27-22(4,5)6)13-14-7-9-15(23)10-8-14/h7-12,16H,13H2,1-6H3,(H,24,25)/t16-/m0/s1. The number of rotatable bonds is 5. The monoisotopic (exact) mass is 465 g/mol. The van der Waals surface area contributed by atoms with Gasteiger partial charge in [-0.15, -0.1) is 11.3 Å². The summed E-state index contributed by atoms with van der Waals surface area (Å²) in [4.78, 5) is 27.2. The Bertz CT molecular complexity index is 829. The molecule has 1 amide bonds. The van der Waals surface area contributed by atoms with Gasteiger partial charge in [0.2, 0.25) is 0 Å². The van der Waals surface area contributed by atoms with Gasteiger partial charge in [-0.25, -0.2) is 4.79 Å². The highest BCUT2D eigenvalue weighted by Crippen LogP contribution is 2.29. The summed E-state index contributed by atoms with van der Waals surface area (Å²) in [6.07, 6.45) is 0.367. The van der Waals surface area contributed by atoms with Gasteiger partial charge in [-0.1, -0.05) is 48.8 Å². The molecule has 0 aliphatic rings. The fourth-order valence-electron chi connectivity index (χ4n) is 2.51. The first kappa shape index (κ1) is 22.6. The van der Waals surface area contributed by atoms with Crippen molar-refractivity contribution in [1.82, 2.24) is 5.32 Å². The smallest absolute Gasteiger partial charge is 0.329 e. The van der Waals surface area contributed by atoms with Gasteiger partial charge < -0.3 is 10.1 Å². The first-order valence-electron chi connectivity index (χ1n) is 9.23. The number of ether oxygens (including phenoxy) is 1. The van der Waals surface area contributed by atoms with Gasteiger partial charge in [0.1, 0.15) is 11.6 Å². The van der Waals surface area contributed by atoms with E-state index in [1.807, 2.05) is 57.2 Å². The minimum atomic E-state index is -0.756. The molecule has 2 rings (SSSR count). The number of hydrogen-bond acceptors (Lipinski definition) is 4. The van der Waals surface area contributed by atoms with E-state index in [-0.39, 0.29) is 11.3 Å². The van der Waals surface area contributed by atoms with Crippen LogP contribution in [0.5, 0.6) is 0 Å². The Morgan fingerprint density at radius 1 is 1.04 bits per heavy atom. The van der Waals surface area contributed by atoms with Crippen molar-refractivity contribution in [3.8, 4) is 0 Å². The van der Waals surface area contributed by atoms with Crippen LogP contribution in [0.2, 0.25) is 0 Å². The summed E-state index contributed by atoms with van der Waals surface area (Å²) in [5.41, 5.74) is 0.300. The van der Waals surface area contributed by atoms with Gasteiger partial charge in [0, 0.05) is 15.8 Å². The molecule has 1 atom stereocenters. The van der Waals surface area contributed by atoms with Gasteiger partial charge in [0.15, 0.2) is 0 Å². The van der Waals surface area contributed by atoms with Crippen LogP contribution in [-0.4, -0.2) is 23.5 Å². The third kappa shape index (κ3) is 6.74. The fraction of sp³-hybridized carbons (Fsp3) is 0.455. The molecule has 0 radical (unpaired) electrons. The summed E-state index contributed by atoms with van der Waals surface area (Å²) < 4.78 is 6.49. The van der Waals surface area contributed by atoms with Crippen molar-refractivity contribution in [1.29, 1.82) is 0 Å². The molecule has 0 saturated heterocycles. The predicted molar refractivity (Wildman–Crippen MR) is 118 cm³/mol. The number of carbonyl (C=O) groups excluding carboxylic acids is 2. The molecule has 1 N–H and O–H groups in total. The third-order valence-corrected chi connectivity index (χ3v) is 5.96. The lowest BCUT2D eigenvalue weighted by Crippen LogP contribution is -2.45. The van der Waals surface area contributed by atoms with Crippen molar-refractivity contribution in [2.75, 3.05) is 0 Å². The normalized spacial score (nSPS) is 13.1. The zero-order chi connectivity index (χ0) is 21.1. The summed E-state index contributed by atoms with van der Waals surface area (Å²) in [7, 11) is 0. The topological polar surface area (TPSA) is 55.4 Å². The summed E-state index contributed by atoms with van der Waals surface area (Å²) in [6.45, 7) is 11.8. The molecule has 2 aromatic rings. The summed E-state index contributed by atoms with van der Waals surface area (Å²) >= 11 is 4.86. The zero-order valence-electron chi connectivity index (χ0n) is 17.3. The average Bonchev–Trinajstić information content (AvgIpc) is 3.05. The Labute approximate surface area is 179 Å². The second kappa shape index (κ2) is 8.78. The number of nitrogens with one attached hydrogen (secondary N) is 1. The van der Waals surface area contributed by atoms with Crippen molar-refractivity contribution in [2.24, 2.45) is 0 Å². The van der Waals surface area contributed by atoms with Crippen LogP contribution < -0.4 is 5.32 Å². The molecule has 0 fully saturated rings. The van der Waals surface area contributed by atoms with Crippen LogP contribution >= 0.6 is 27.3 Å². The van der Waals surface area contributed by atoms with Gasteiger partial charge in [-0.3, -0.25) is 4.79 Å². The lowest BCUT2D eigenvalue weighted by molar-refractivity contribution is -0.157. The lowest BCUT2D eigenvalue weighted by atomic mass is 9.95. The largest absolute Gasteiger partial charge is 0.458 e. The van der Waals surface area contributed by atoms with Crippen LogP contribution in [0.1, 0.15) is 61.7 Å². The Hall–Kier alpha value is -1.66. The molecule has 28 heavy (non-hydrogen) atoms. The van der Waals surface area contributed by atoms with Crippen LogP contribution in [0.4, 0.5) is 0 Å². The van der Waals surface area contributed by atoms with Gasteiger partial charge in [-0.05, 0) is 56.0 Å². The molecule has 0 saturated carbocycles. The number of thiophene rings is 1. The number of halogens is 1. The maximum Gasteiger partial charge on any atom is 0.329 e. The van der Waals surface area contributed by atoms with E-state index in [0.29, 0.717) is 11.3 Å². The van der Waals surface area contributed by atoms with Crippen molar-refractivity contribution < 1.29 is 14.3 Å². The number of esters is 1. The Morgan fingerprint density at radius 2 is 1.64 bits per heavy atom. The molecular formula is C22H28BrNO3S. The van der Waals surface area contributed by atoms with Crippen LogP contribution in [0.15, 0.2) is 40.9 Å². The van der Waals surface area contributed by atoms with Gasteiger partial charge in [0.25, 0.3) is 5.91 Å². The highest BCUT2D eigenvalue weighted by molar-refractivity contribution is 9.10. The van der Waals surface area contributed by atoms with E-state index < -0.39 is 17.6 Å². The molecule has 4 nitrogen and oxygen atoms in total. The molecule has 0 aliphatic heterocycles. The zero-order valence-corrected chi connectivity index (χ0v) is 19.7. The van der Waals surface area contributed by atoms with E-state index in [9.17, 15) is 9.59 Å². The first-order chi connectivity index (χ1) is 12.8. The maximum atomic E-state index is 12.8. The van der Waals surface area contributed by atoms with E-state index in [1.165, 1.54) is 11.3 Å². The molecule has 152 valence electrons. The van der Waals surface area contributed by atoms with E-state index >= 15 is 0 Å². The predicted octanol–water partition coefficient (Wildman–Crippen LogP) is 5.49. The molecule has 1 aromatic heterocycles. The minimum absolute atomic E-state index is 0.0226. The Kier molecular flexibility index (Phi) is 7.10. The number of benzene rings is 1. The molecule has 0 spiro atoms. The van der Waals surface area contributed by atoms with Crippen molar-refractivity contribution in [3.63, 3.8) is 0 Å². The van der Waals surface area contributed by atoms with Crippen molar-refractivity contribution >= 4 is 39.1 Å². The molecule has 6 heteroatoms. The van der Waals surface area contributed by atoms with Gasteiger partial charge in [0.05, 0.1) is 4.88 Å². The molecule has 1 heterocycles. The highest BCUT2D eigenvalue weighted by Gasteiger charge is 2.28. The number of hydrogen-bond donors (Lipinski definition) is 1. The van der Waals surface area contributed by atoms with Crippen LogP contribution in [0.25, 0.3) is 0 Å². The quantitative estimate of drug-likeness (QED) is 0.593. The van der Waals surface area contributed by atoms with Gasteiger partial charge >= 0.3 is 5.97 Å². The van der Waals surface area contributed by atoms with E-state index in [1.54, 1.807) is 0 Å². The minimum Gasteiger partial charge on any atom is -0.458 e. The van der Waals surface area contributed by atoms with Crippen molar-refractivity contribution in [2.45, 2.75) is 65.0 Å². The van der Waals surface area contributed by atoms with Crippen molar-refractivity contribution in [3.05, 3.63) is 56.2 Å². The van der Waals surface area contributed by atoms with E-state index in [2.05, 4.69) is 42.0 Å². The van der Waals surface area contributed by atoms with Crippen LogP contribution in [0.3, 0.4) is 0 Å². The second-order valence-electron chi connectivity index (χ2n) is 8.80. The average molecular weight is 466 g/mol. The second-order valence-corrected chi connectivity index (χ2v) is 10.8. The first-order valence-corrected chi connectivity index (χ1v) is 10.8. The molecular weight excluding hydrogens is 438 g/mol. The summed E-state index contributed by atoms with van der Waals surface area (Å²) in [5.74, 6) is -0.690.